The SMILES string of the molecule is Cc1cc(C(=O)N(C)Cc2ncn[nH]2)c(C)s1. The number of carbonyl (C=O) groups excluding carboxylic acids is 1. The molecule has 2 heterocycles. The average Bonchev–Trinajstić information content (AvgIpc) is 2.87. The molecule has 0 unspecified atom stereocenters. The van der Waals surface area contributed by atoms with Crippen LogP contribution in [0, 0.1) is 13.8 Å². The van der Waals surface area contributed by atoms with Crippen molar-refractivity contribution < 1.29 is 4.79 Å². The zero-order chi connectivity index (χ0) is 12.4. The van der Waals surface area contributed by atoms with Crippen molar-refractivity contribution in [3.63, 3.8) is 0 Å². The Morgan fingerprint density at radius 1 is 1.53 bits per heavy atom. The van der Waals surface area contributed by atoms with Gasteiger partial charge in [-0.1, -0.05) is 0 Å². The number of thiophene rings is 1. The number of H-pyrrole nitrogens is 1. The number of nitrogens with zero attached hydrogens (tertiary/aromatic N) is 3. The van der Waals surface area contributed by atoms with Crippen LogP contribution in [0.3, 0.4) is 0 Å². The maximum atomic E-state index is 12.2. The van der Waals surface area contributed by atoms with E-state index in [-0.39, 0.29) is 5.91 Å². The van der Waals surface area contributed by atoms with Crippen molar-refractivity contribution in [2.75, 3.05) is 7.05 Å². The fraction of sp³-hybridized carbons (Fsp3) is 0.364. The molecule has 0 radical (unpaired) electrons. The first-order valence-electron chi connectivity index (χ1n) is 5.24. The highest BCUT2D eigenvalue weighted by Gasteiger charge is 2.17. The number of hydrogen-bond acceptors (Lipinski definition) is 4. The average molecular weight is 250 g/mol. The van der Waals surface area contributed by atoms with E-state index in [1.807, 2.05) is 19.9 Å². The number of rotatable bonds is 3. The van der Waals surface area contributed by atoms with Crippen LogP contribution in [0.4, 0.5) is 0 Å². The van der Waals surface area contributed by atoms with Crippen LogP contribution < -0.4 is 0 Å². The molecule has 1 N–H and O–H groups in total. The van der Waals surface area contributed by atoms with Crippen LogP contribution in [0.2, 0.25) is 0 Å². The number of hydrogen-bond donors (Lipinski definition) is 1. The maximum Gasteiger partial charge on any atom is 0.255 e. The van der Waals surface area contributed by atoms with Crippen LogP contribution in [-0.2, 0) is 6.54 Å². The highest BCUT2D eigenvalue weighted by Crippen LogP contribution is 2.21. The molecule has 17 heavy (non-hydrogen) atoms. The van der Waals surface area contributed by atoms with Gasteiger partial charge in [0.1, 0.15) is 12.2 Å². The minimum Gasteiger partial charge on any atom is -0.334 e. The van der Waals surface area contributed by atoms with Crippen molar-refractivity contribution in [3.05, 3.63) is 33.5 Å². The molecule has 0 aliphatic heterocycles. The summed E-state index contributed by atoms with van der Waals surface area (Å²) in [4.78, 5) is 20.0. The summed E-state index contributed by atoms with van der Waals surface area (Å²) in [6.07, 6.45) is 1.44. The molecule has 0 bridgehead atoms. The van der Waals surface area contributed by atoms with Gasteiger partial charge >= 0.3 is 0 Å². The van der Waals surface area contributed by atoms with Crippen molar-refractivity contribution in [1.29, 1.82) is 0 Å². The van der Waals surface area contributed by atoms with Gasteiger partial charge in [0.15, 0.2) is 0 Å². The molecule has 0 saturated heterocycles. The van der Waals surface area contributed by atoms with Crippen molar-refractivity contribution in [2.45, 2.75) is 20.4 Å². The molecule has 0 fully saturated rings. The van der Waals surface area contributed by atoms with Crippen LogP contribution in [-0.4, -0.2) is 33.0 Å². The Bertz CT molecular complexity index is 518. The molecule has 0 aliphatic rings. The highest BCUT2D eigenvalue weighted by atomic mass is 32.1. The molecule has 0 aliphatic carbocycles. The quantitative estimate of drug-likeness (QED) is 0.902. The first-order chi connectivity index (χ1) is 8.08. The minimum absolute atomic E-state index is 0.0169. The second-order valence-electron chi connectivity index (χ2n) is 3.92. The van der Waals surface area contributed by atoms with Gasteiger partial charge in [-0.15, -0.1) is 11.3 Å². The van der Waals surface area contributed by atoms with Gasteiger partial charge in [0.2, 0.25) is 0 Å². The van der Waals surface area contributed by atoms with Crippen LogP contribution >= 0.6 is 11.3 Å². The van der Waals surface area contributed by atoms with Crippen LogP contribution in [0.5, 0.6) is 0 Å². The Kier molecular flexibility index (Phi) is 3.23. The maximum absolute atomic E-state index is 12.2. The lowest BCUT2D eigenvalue weighted by Gasteiger charge is -2.15. The fourth-order valence-corrected chi connectivity index (χ4v) is 2.57. The molecule has 2 aromatic heterocycles. The standard InChI is InChI=1S/C11H14N4OS/c1-7-4-9(8(2)17-7)11(16)15(3)5-10-12-6-13-14-10/h4,6H,5H2,1-3H3,(H,12,13,14). The molecule has 0 aromatic carbocycles. The molecule has 2 rings (SSSR count). The normalized spacial score (nSPS) is 10.5. The molecule has 1 amide bonds. The van der Waals surface area contributed by atoms with E-state index in [1.165, 1.54) is 6.33 Å². The first-order valence-corrected chi connectivity index (χ1v) is 6.06. The Morgan fingerprint density at radius 2 is 2.29 bits per heavy atom. The zero-order valence-electron chi connectivity index (χ0n) is 10.0. The van der Waals surface area contributed by atoms with Gasteiger partial charge in [0.25, 0.3) is 5.91 Å². The third-order valence-electron chi connectivity index (χ3n) is 2.47. The van der Waals surface area contributed by atoms with Gasteiger partial charge in [0, 0.05) is 16.8 Å². The van der Waals surface area contributed by atoms with E-state index in [1.54, 1.807) is 23.3 Å². The Labute approximate surface area is 103 Å². The monoisotopic (exact) mass is 250 g/mol. The number of carbonyl (C=O) groups is 1. The molecule has 0 saturated carbocycles. The number of nitrogens with one attached hydrogen (secondary N) is 1. The second kappa shape index (κ2) is 4.67. The van der Waals surface area contributed by atoms with Crippen molar-refractivity contribution >= 4 is 17.2 Å². The van der Waals surface area contributed by atoms with E-state index in [0.29, 0.717) is 12.4 Å². The van der Waals surface area contributed by atoms with E-state index >= 15 is 0 Å². The summed E-state index contributed by atoms with van der Waals surface area (Å²) in [5, 5.41) is 6.50. The van der Waals surface area contributed by atoms with Gasteiger partial charge in [0.05, 0.1) is 12.1 Å². The molecule has 6 heteroatoms. The lowest BCUT2D eigenvalue weighted by atomic mass is 10.2. The molecular formula is C11H14N4OS. The Balaban J connectivity index is 2.12. The second-order valence-corrected chi connectivity index (χ2v) is 5.38. The van der Waals surface area contributed by atoms with Crippen LogP contribution in [0.1, 0.15) is 25.9 Å². The van der Waals surface area contributed by atoms with Crippen LogP contribution in [0.25, 0.3) is 0 Å². The topological polar surface area (TPSA) is 61.9 Å². The summed E-state index contributed by atoms with van der Waals surface area (Å²) in [6.45, 7) is 4.41. The summed E-state index contributed by atoms with van der Waals surface area (Å²) in [6, 6.07) is 1.93. The number of aryl methyl sites for hydroxylation is 2. The third kappa shape index (κ3) is 2.52. The van der Waals surface area contributed by atoms with Gasteiger partial charge in [-0.2, -0.15) is 5.10 Å². The summed E-state index contributed by atoms with van der Waals surface area (Å²) >= 11 is 1.64. The summed E-state index contributed by atoms with van der Waals surface area (Å²) in [7, 11) is 1.76. The van der Waals surface area contributed by atoms with Gasteiger partial charge in [-0.05, 0) is 19.9 Å². The Hall–Kier alpha value is -1.69. The van der Waals surface area contributed by atoms with Gasteiger partial charge in [-0.3, -0.25) is 9.89 Å². The van der Waals surface area contributed by atoms with E-state index in [9.17, 15) is 4.79 Å². The minimum atomic E-state index is 0.0169. The lowest BCUT2D eigenvalue weighted by Crippen LogP contribution is -2.26. The van der Waals surface area contributed by atoms with Crippen LogP contribution in [0.15, 0.2) is 12.4 Å². The zero-order valence-corrected chi connectivity index (χ0v) is 10.8. The molecule has 0 atom stereocenters. The number of amides is 1. The molecule has 0 spiro atoms. The molecule has 5 nitrogen and oxygen atoms in total. The van der Waals surface area contributed by atoms with Crippen molar-refractivity contribution in [3.8, 4) is 0 Å². The van der Waals surface area contributed by atoms with Gasteiger partial charge in [-0.25, -0.2) is 4.98 Å². The van der Waals surface area contributed by atoms with E-state index < -0.39 is 0 Å². The fourth-order valence-electron chi connectivity index (χ4n) is 1.65. The van der Waals surface area contributed by atoms with Crippen molar-refractivity contribution in [2.24, 2.45) is 0 Å². The number of aromatic nitrogens is 3. The van der Waals surface area contributed by atoms with E-state index in [2.05, 4.69) is 15.2 Å². The first kappa shape index (κ1) is 11.8. The lowest BCUT2D eigenvalue weighted by molar-refractivity contribution is 0.0781. The third-order valence-corrected chi connectivity index (χ3v) is 3.44. The predicted molar refractivity (Wildman–Crippen MR) is 66.0 cm³/mol. The summed E-state index contributed by atoms with van der Waals surface area (Å²) in [5.41, 5.74) is 0.773. The van der Waals surface area contributed by atoms with Crippen molar-refractivity contribution in [1.82, 2.24) is 20.1 Å². The smallest absolute Gasteiger partial charge is 0.255 e. The molecule has 2 aromatic rings. The highest BCUT2D eigenvalue weighted by molar-refractivity contribution is 7.12. The predicted octanol–water partition coefficient (Wildman–Crippen LogP) is 1.76. The van der Waals surface area contributed by atoms with Gasteiger partial charge < -0.3 is 4.90 Å². The summed E-state index contributed by atoms with van der Waals surface area (Å²) < 4.78 is 0. The van der Waals surface area contributed by atoms with E-state index in [0.717, 1.165) is 15.3 Å². The molecular weight excluding hydrogens is 236 g/mol. The molecule has 90 valence electrons. The number of aromatic amines is 1. The van der Waals surface area contributed by atoms with E-state index in [4.69, 9.17) is 0 Å². The Morgan fingerprint density at radius 3 is 2.82 bits per heavy atom. The summed E-state index contributed by atoms with van der Waals surface area (Å²) in [5.74, 6) is 0.703. The largest absolute Gasteiger partial charge is 0.334 e.